The number of thioether (sulfide) groups is 1. The maximum Gasteiger partial charge on any atom is 0.266 e. The Hall–Kier alpha value is -2.16. The standard InChI is InChI=1S/C18H17ClN4O2S2/c19-14-5-2-1-4-13(14)10-15-17(25)23(18(26)27-15)11-16(24)21-6-3-8-22-9-7-20-12-22/h1-2,4-5,7,9-10,12H,3,6,8,11H2,(H,21,24)/b15-10-. The summed E-state index contributed by atoms with van der Waals surface area (Å²) in [6.45, 7) is 1.19. The first-order valence-corrected chi connectivity index (χ1v) is 9.87. The van der Waals surface area contributed by atoms with Crippen LogP contribution in [0.5, 0.6) is 0 Å². The summed E-state index contributed by atoms with van der Waals surface area (Å²) < 4.78 is 2.31. The van der Waals surface area contributed by atoms with Crippen LogP contribution in [0.4, 0.5) is 0 Å². The number of nitrogens with one attached hydrogen (secondary N) is 1. The van der Waals surface area contributed by atoms with Crippen molar-refractivity contribution in [2.75, 3.05) is 13.1 Å². The minimum Gasteiger partial charge on any atom is -0.354 e. The highest BCUT2D eigenvalue weighted by Gasteiger charge is 2.33. The molecule has 0 spiro atoms. The van der Waals surface area contributed by atoms with Gasteiger partial charge in [0.1, 0.15) is 10.9 Å². The fraction of sp³-hybridized carbons (Fsp3) is 0.222. The molecule has 2 heterocycles. The van der Waals surface area contributed by atoms with Crippen molar-refractivity contribution >= 4 is 57.8 Å². The van der Waals surface area contributed by atoms with Crippen LogP contribution in [0.3, 0.4) is 0 Å². The number of hydrogen-bond donors (Lipinski definition) is 1. The highest BCUT2D eigenvalue weighted by Crippen LogP contribution is 2.33. The van der Waals surface area contributed by atoms with E-state index < -0.39 is 0 Å². The van der Waals surface area contributed by atoms with Crippen molar-refractivity contribution in [2.24, 2.45) is 0 Å². The minimum absolute atomic E-state index is 0.0877. The van der Waals surface area contributed by atoms with E-state index in [4.69, 9.17) is 23.8 Å². The number of aryl methyl sites for hydroxylation is 1. The number of imidazole rings is 1. The van der Waals surface area contributed by atoms with Gasteiger partial charge in [-0.05, 0) is 24.1 Å². The molecule has 0 atom stereocenters. The number of amides is 2. The number of hydrogen-bond acceptors (Lipinski definition) is 5. The summed E-state index contributed by atoms with van der Waals surface area (Å²) in [5.41, 5.74) is 0.739. The number of aromatic nitrogens is 2. The van der Waals surface area contributed by atoms with Gasteiger partial charge in [0.05, 0.1) is 11.2 Å². The van der Waals surface area contributed by atoms with Crippen molar-refractivity contribution < 1.29 is 9.59 Å². The van der Waals surface area contributed by atoms with E-state index in [2.05, 4.69) is 10.3 Å². The maximum atomic E-state index is 12.6. The second-order valence-corrected chi connectivity index (χ2v) is 7.88. The SMILES string of the molecule is O=C(CN1C(=O)/C(=C/c2ccccc2Cl)SC1=S)NCCCn1ccnc1. The van der Waals surface area contributed by atoms with Gasteiger partial charge >= 0.3 is 0 Å². The number of thiocarbonyl (C=S) groups is 1. The van der Waals surface area contributed by atoms with Crippen molar-refractivity contribution in [3.8, 4) is 0 Å². The van der Waals surface area contributed by atoms with Crippen molar-refractivity contribution in [2.45, 2.75) is 13.0 Å². The average Bonchev–Trinajstić information content (AvgIpc) is 3.25. The molecule has 0 saturated carbocycles. The Balaban J connectivity index is 1.52. The predicted molar refractivity (Wildman–Crippen MR) is 111 cm³/mol. The van der Waals surface area contributed by atoms with Crippen LogP contribution in [-0.2, 0) is 16.1 Å². The van der Waals surface area contributed by atoms with Crippen molar-refractivity contribution in [1.82, 2.24) is 19.8 Å². The Morgan fingerprint density at radius 2 is 2.19 bits per heavy atom. The van der Waals surface area contributed by atoms with Crippen LogP contribution in [0, 0.1) is 0 Å². The van der Waals surface area contributed by atoms with E-state index >= 15 is 0 Å². The second kappa shape index (κ2) is 9.16. The molecule has 0 radical (unpaired) electrons. The Labute approximate surface area is 171 Å². The van der Waals surface area contributed by atoms with Crippen LogP contribution >= 0.6 is 35.6 Å². The lowest BCUT2D eigenvalue weighted by atomic mass is 10.2. The third-order valence-electron chi connectivity index (χ3n) is 3.84. The third-order valence-corrected chi connectivity index (χ3v) is 5.56. The second-order valence-electron chi connectivity index (χ2n) is 5.79. The van der Waals surface area contributed by atoms with Crippen LogP contribution in [0.25, 0.3) is 6.08 Å². The summed E-state index contributed by atoms with van der Waals surface area (Å²) in [5.74, 6) is -0.519. The molecule has 2 aromatic rings. The molecule has 1 aromatic heterocycles. The first-order valence-electron chi connectivity index (χ1n) is 8.27. The van der Waals surface area contributed by atoms with Crippen LogP contribution in [0.1, 0.15) is 12.0 Å². The predicted octanol–water partition coefficient (Wildman–Crippen LogP) is 2.94. The average molecular weight is 421 g/mol. The molecule has 0 bridgehead atoms. The molecular weight excluding hydrogens is 404 g/mol. The van der Waals surface area contributed by atoms with Gasteiger partial charge in [0, 0.05) is 30.5 Å². The number of carbonyl (C=O) groups is 2. The van der Waals surface area contributed by atoms with Crippen molar-refractivity contribution in [3.05, 3.63) is 58.5 Å². The topological polar surface area (TPSA) is 67.2 Å². The zero-order valence-corrected chi connectivity index (χ0v) is 16.7. The molecule has 140 valence electrons. The zero-order chi connectivity index (χ0) is 19.2. The number of benzene rings is 1. The van der Waals surface area contributed by atoms with Gasteiger partial charge in [-0.2, -0.15) is 0 Å². The molecule has 1 N–H and O–H groups in total. The van der Waals surface area contributed by atoms with Gasteiger partial charge in [0.2, 0.25) is 5.91 Å². The lowest BCUT2D eigenvalue weighted by Gasteiger charge is -2.14. The molecule has 0 unspecified atom stereocenters. The van der Waals surface area contributed by atoms with Crippen LogP contribution in [-0.4, -0.2) is 43.7 Å². The van der Waals surface area contributed by atoms with Crippen molar-refractivity contribution in [3.63, 3.8) is 0 Å². The highest BCUT2D eigenvalue weighted by atomic mass is 35.5. The molecule has 1 aliphatic heterocycles. The maximum absolute atomic E-state index is 12.6. The van der Waals surface area contributed by atoms with Gasteiger partial charge in [0.25, 0.3) is 5.91 Å². The lowest BCUT2D eigenvalue weighted by molar-refractivity contribution is -0.128. The monoisotopic (exact) mass is 420 g/mol. The molecule has 1 saturated heterocycles. The molecule has 0 aliphatic carbocycles. The Morgan fingerprint density at radius 3 is 2.93 bits per heavy atom. The normalized spacial score (nSPS) is 15.6. The van der Waals surface area contributed by atoms with E-state index in [0.29, 0.717) is 20.8 Å². The highest BCUT2D eigenvalue weighted by molar-refractivity contribution is 8.26. The molecule has 6 nitrogen and oxygen atoms in total. The van der Waals surface area contributed by atoms with Gasteiger partial charge in [-0.1, -0.05) is 53.8 Å². The van der Waals surface area contributed by atoms with E-state index in [9.17, 15) is 9.59 Å². The van der Waals surface area contributed by atoms with Crippen LogP contribution < -0.4 is 5.32 Å². The van der Waals surface area contributed by atoms with Crippen LogP contribution in [0.15, 0.2) is 47.9 Å². The summed E-state index contributed by atoms with van der Waals surface area (Å²) in [6, 6.07) is 7.24. The summed E-state index contributed by atoms with van der Waals surface area (Å²) >= 11 is 12.6. The molecule has 27 heavy (non-hydrogen) atoms. The van der Waals surface area contributed by atoms with Gasteiger partial charge in [-0.25, -0.2) is 4.98 Å². The number of nitrogens with zero attached hydrogens (tertiary/aromatic N) is 3. The Bertz CT molecular complexity index is 883. The van der Waals surface area contributed by atoms with E-state index in [1.165, 1.54) is 16.7 Å². The Morgan fingerprint density at radius 1 is 1.37 bits per heavy atom. The van der Waals surface area contributed by atoms with Gasteiger partial charge in [-0.15, -0.1) is 0 Å². The summed E-state index contributed by atoms with van der Waals surface area (Å²) in [7, 11) is 0. The molecule has 1 fully saturated rings. The van der Waals surface area contributed by atoms with Gasteiger partial charge < -0.3 is 9.88 Å². The quantitative estimate of drug-likeness (QED) is 0.423. The molecular formula is C18H17ClN4O2S2. The van der Waals surface area contributed by atoms with E-state index in [1.807, 2.05) is 29.0 Å². The van der Waals surface area contributed by atoms with Crippen LogP contribution in [0.2, 0.25) is 5.02 Å². The van der Waals surface area contributed by atoms with E-state index in [-0.39, 0.29) is 18.4 Å². The Kier molecular flexibility index (Phi) is 6.65. The fourth-order valence-corrected chi connectivity index (χ4v) is 3.91. The number of carbonyl (C=O) groups excluding carboxylic acids is 2. The molecule has 3 rings (SSSR count). The molecule has 1 aromatic carbocycles. The first kappa shape index (κ1) is 19.6. The number of halogens is 1. The smallest absolute Gasteiger partial charge is 0.266 e. The summed E-state index contributed by atoms with van der Waals surface area (Å²) in [4.78, 5) is 30.4. The van der Waals surface area contributed by atoms with Gasteiger partial charge in [0.15, 0.2) is 0 Å². The molecule has 2 amide bonds. The third kappa shape index (κ3) is 5.18. The molecule has 9 heteroatoms. The lowest BCUT2D eigenvalue weighted by Crippen LogP contribution is -2.39. The van der Waals surface area contributed by atoms with E-state index in [1.54, 1.807) is 24.7 Å². The zero-order valence-electron chi connectivity index (χ0n) is 14.3. The fourth-order valence-electron chi connectivity index (χ4n) is 2.48. The summed E-state index contributed by atoms with van der Waals surface area (Å²) in [5, 5.41) is 3.36. The van der Waals surface area contributed by atoms with E-state index in [0.717, 1.165) is 18.5 Å². The molecule has 1 aliphatic rings. The summed E-state index contributed by atoms with van der Waals surface area (Å²) in [6.07, 6.45) is 7.78. The largest absolute Gasteiger partial charge is 0.354 e. The number of rotatable bonds is 7. The van der Waals surface area contributed by atoms with Crippen molar-refractivity contribution in [1.29, 1.82) is 0 Å². The minimum atomic E-state index is -0.279. The first-order chi connectivity index (χ1) is 13.0. The van der Waals surface area contributed by atoms with Gasteiger partial charge in [-0.3, -0.25) is 14.5 Å².